The minimum atomic E-state index is 0.191. The standard InChI is InChI=1S/C13H18ClNO/c1-3-15-10(2)13(7-8-16)11-5-4-6-12(14)9-11/h4-6,8-10,13,15H,3,7H2,1-2H3/t10-,13-/m0/s1. The second-order valence-electron chi connectivity index (χ2n) is 3.91. The number of rotatable bonds is 6. The van der Waals surface area contributed by atoms with Crippen molar-refractivity contribution in [1.82, 2.24) is 5.32 Å². The number of hydrogen-bond donors (Lipinski definition) is 1. The van der Waals surface area contributed by atoms with Crippen LogP contribution in [0.4, 0.5) is 0 Å². The maximum Gasteiger partial charge on any atom is 0.120 e. The van der Waals surface area contributed by atoms with E-state index in [1.165, 1.54) is 0 Å². The molecule has 0 bridgehead atoms. The number of carbonyl (C=O) groups excluding carboxylic acids is 1. The molecule has 2 atom stereocenters. The summed E-state index contributed by atoms with van der Waals surface area (Å²) in [7, 11) is 0. The molecule has 1 rings (SSSR count). The fraction of sp³-hybridized carbons (Fsp3) is 0.462. The van der Waals surface area contributed by atoms with Crippen LogP contribution in [0.2, 0.25) is 5.02 Å². The van der Waals surface area contributed by atoms with Crippen molar-refractivity contribution in [1.29, 1.82) is 0 Å². The molecule has 0 saturated heterocycles. The predicted molar refractivity (Wildman–Crippen MR) is 68.0 cm³/mol. The fourth-order valence-corrected chi connectivity index (χ4v) is 2.13. The van der Waals surface area contributed by atoms with Gasteiger partial charge >= 0.3 is 0 Å². The SMILES string of the molecule is CCN[C@@H](C)[C@H](CC=O)c1cccc(Cl)c1. The molecule has 0 spiro atoms. The summed E-state index contributed by atoms with van der Waals surface area (Å²) in [5, 5.41) is 4.07. The highest BCUT2D eigenvalue weighted by Gasteiger charge is 2.18. The van der Waals surface area contributed by atoms with Crippen LogP contribution in [0.5, 0.6) is 0 Å². The van der Waals surface area contributed by atoms with Crippen molar-refractivity contribution in [3.63, 3.8) is 0 Å². The fourth-order valence-electron chi connectivity index (χ4n) is 1.93. The molecule has 1 N–H and O–H groups in total. The summed E-state index contributed by atoms with van der Waals surface area (Å²) in [6.45, 7) is 5.06. The van der Waals surface area contributed by atoms with E-state index >= 15 is 0 Å². The van der Waals surface area contributed by atoms with Crippen LogP contribution >= 0.6 is 11.6 Å². The van der Waals surface area contributed by atoms with Gasteiger partial charge in [-0.05, 0) is 31.2 Å². The largest absolute Gasteiger partial charge is 0.314 e. The summed E-state index contributed by atoms with van der Waals surface area (Å²) < 4.78 is 0. The van der Waals surface area contributed by atoms with Gasteiger partial charge in [-0.2, -0.15) is 0 Å². The van der Waals surface area contributed by atoms with Crippen LogP contribution in [0.3, 0.4) is 0 Å². The summed E-state index contributed by atoms with van der Waals surface area (Å²) in [6, 6.07) is 8.00. The van der Waals surface area contributed by atoms with E-state index in [0.717, 1.165) is 23.4 Å². The lowest BCUT2D eigenvalue weighted by atomic mass is 9.90. The molecule has 1 aromatic carbocycles. The molecule has 0 aromatic heterocycles. The highest BCUT2D eigenvalue weighted by Crippen LogP contribution is 2.25. The zero-order chi connectivity index (χ0) is 12.0. The Labute approximate surface area is 102 Å². The maximum absolute atomic E-state index is 10.7. The number of hydrogen-bond acceptors (Lipinski definition) is 2. The quantitative estimate of drug-likeness (QED) is 0.774. The molecule has 3 heteroatoms. The van der Waals surface area contributed by atoms with Gasteiger partial charge in [0.25, 0.3) is 0 Å². The molecule has 0 amide bonds. The van der Waals surface area contributed by atoms with Crippen LogP contribution in [-0.2, 0) is 4.79 Å². The smallest absolute Gasteiger partial charge is 0.120 e. The number of aldehydes is 1. The number of halogens is 1. The number of nitrogens with one attached hydrogen (secondary N) is 1. The first kappa shape index (κ1) is 13.2. The van der Waals surface area contributed by atoms with E-state index in [0.29, 0.717) is 6.42 Å². The van der Waals surface area contributed by atoms with Crippen molar-refractivity contribution < 1.29 is 4.79 Å². The molecular weight excluding hydrogens is 222 g/mol. The molecule has 0 aliphatic heterocycles. The monoisotopic (exact) mass is 239 g/mol. The van der Waals surface area contributed by atoms with Gasteiger partial charge in [-0.15, -0.1) is 0 Å². The molecule has 0 fully saturated rings. The van der Waals surface area contributed by atoms with Gasteiger partial charge < -0.3 is 10.1 Å². The Bertz CT molecular complexity index is 340. The molecule has 0 heterocycles. The molecule has 0 aliphatic rings. The van der Waals surface area contributed by atoms with Crippen molar-refractivity contribution in [2.75, 3.05) is 6.54 Å². The average molecular weight is 240 g/mol. The van der Waals surface area contributed by atoms with E-state index in [9.17, 15) is 4.79 Å². The first-order valence-corrected chi connectivity index (χ1v) is 5.99. The van der Waals surface area contributed by atoms with Crippen molar-refractivity contribution in [2.24, 2.45) is 0 Å². The van der Waals surface area contributed by atoms with Crippen molar-refractivity contribution >= 4 is 17.9 Å². The summed E-state index contributed by atoms with van der Waals surface area (Å²) >= 11 is 5.96. The lowest BCUT2D eigenvalue weighted by Gasteiger charge is -2.23. The van der Waals surface area contributed by atoms with Gasteiger partial charge in [0.05, 0.1) is 0 Å². The molecule has 1 aromatic rings. The van der Waals surface area contributed by atoms with Gasteiger partial charge in [-0.1, -0.05) is 30.7 Å². The molecule has 88 valence electrons. The number of likely N-dealkylation sites (N-methyl/N-ethyl adjacent to an activating group) is 1. The Morgan fingerprint density at radius 1 is 1.50 bits per heavy atom. The Morgan fingerprint density at radius 3 is 2.81 bits per heavy atom. The molecule has 0 radical (unpaired) electrons. The summed E-state index contributed by atoms with van der Waals surface area (Å²) in [6.07, 6.45) is 1.49. The van der Waals surface area contributed by atoms with E-state index in [2.05, 4.69) is 19.2 Å². The van der Waals surface area contributed by atoms with Gasteiger partial charge in [0.2, 0.25) is 0 Å². The van der Waals surface area contributed by atoms with Crippen LogP contribution in [0, 0.1) is 0 Å². The van der Waals surface area contributed by atoms with Gasteiger partial charge in [-0.25, -0.2) is 0 Å². The van der Waals surface area contributed by atoms with E-state index in [4.69, 9.17) is 11.6 Å². The maximum atomic E-state index is 10.7. The van der Waals surface area contributed by atoms with Crippen LogP contribution in [0.25, 0.3) is 0 Å². The number of benzene rings is 1. The third-order valence-electron chi connectivity index (χ3n) is 2.76. The Morgan fingerprint density at radius 2 is 2.25 bits per heavy atom. The van der Waals surface area contributed by atoms with Crippen LogP contribution in [0.1, 0.15) is 31.7 Å². The van der Waals surface area contributed by atoms with Crippen molar-refractivity contribution in [3.05, 3.63) is 34.9 Å². The lowest BCUT2D eigenvalue weighted by molar-refractivity contribution is -0.108. The average Bonchev–Trinajstić information content (AvgIpc) is 2.26. The van der Waals surface area contributed by atoms with Crippen LogP contribution in [0.15, 0.2) is 24.3 Å². The van der Waals surface area contributed by atoms with E-state index in [-0.39, 0.29) is 12.0 Å². The zero-order valence-electron chi connectivity index (χ0n) is 9.74. The first-order valence-electron chi connectivity index (χ1n) is 5.61. The molecule has 16 heavy (non-hydrogen) atoms. The molecule has 0 aliphatic carbocycles. The van der Waals surface area contributed by atoms with Crippen LogP contribution in [-0.4, -0.2) is 18.9 Å². The molecule has 0 unspecified atom stereocenters. The molecule has 2 nitrogen and oxygen atoms in total. The highest BCUT2D eigenvalue weighted by atomic mass is 35.5. The predicted octanol–water partition coefficient (Wildman–Crippen LogP) is 3.01. The minimum absolute atomic E-state index is 0.191. The normalized spacial score (nSPS) is 14.4. The topological polar surface area (TPSA) is 29.1 Å². The first-order chi connectivity index (χ1) is 7.69. The third-order valence-corrected chi connectivity index (χ3v) is 2.99. The molecular formula is C13H18ClNO. The Balaban J connectivity index is 2.87. The van der Waals surface area contributed by atoms with E-state index < -0.39 is 0 Å². The third kappa shape index (κ3) is 3.62. The summed E-state index contributed by atoms with van der Waals surface area (Å²) in [4.78, 5) is 10.7. The van der Waals surface area contributed by atoms with Crippen molar-refractivity contribution in [2.45, 2.75) is 32.2 Å². The molecule has 0 saturated carbocycles. The summed E-state index contributed by atoms with van der Waals surface area (Å²) in [5.41, 5.74) is 1.12. The Kier molecular flexibility index (Phi) is 5.50. The Hall–Kier alpha value is -0.860. The van der Waals surface area contributed by atoms with Gasteiger partial charge in [0, 0.05) is 23.4 Å². The minimum Gasteiger partial charge on any atom is -0.314 e. The highest BCUT2D eigenvalue weighted by molar-refractivity contribution is 6.30. The van der Waals surface area contributed by atoms with Crippen molar-refractivity contribution in [3.8, 4) is 0 Å². The van der Waals surface area contributed by atoms with Gasteiger partial charge in [-0.3, -0.25) is 0 Å². The zero-order valence-corrected chi connectivity index (χ0v) is 10.5. The number of carbonyl (C=O) groups is 1. The van der Waals surface area contributed by atoms with E-state index in [1.54, 1.807) is 0 Å². The lowest BCUT2D eigenvalue weighted by Crippen LogP contribution is -2.32. The van der Waals surface area contributed by atoms with Gasteiger partial charge in [0.15, 0.2) is 0 Å². The van der Waals surface area contributed by atoms with Gasteiger partial charge in [0.1, 0.15) is 6.29 Å². The van der Waals surface area contributed by atoms with E-state index in [1.807, 2.05) is 24.3 Å². The second-order valence-corrected chi connectivity index (χ2v) is 4.35. The summed E-state index contributed by atoms with van der Waals surface area (Å²) in [5.74, 6) is 0.191. The van der Waals surface area contributed by atoms with Crippen LogP contribution < -0.4 is 5.32 Å². The second kappa shape index (κ2) is 6.66.